The molecule has 126 valence electrons. The lowest BCUT2D eigenvalue weighted by Gasteiger charge is -2.27. The number of rotatable bonds is 5. The monoisotopic (exact) mass is 324 g/mol. The van der Waals surface area contributed by atoms with E-state index in [2.05, 4.69) is 35.4 Å². The zero-order valence-corrected chi connectivity index (χ0v) is 14.3. The third-order valence-corrected chi connectivity index (χ3v) is 4.82. The largest absolute Gasteiger partial charge is 0.465 e. The van der Waals surface area contributed by atoms with E-state index in [0.717, 1.165) is 18.7 Å². The van der Waals surface area contributed by atoms with Crippen LogP contribution in [0.1, 0.15) is 52.7 Å². The standard InChI is InChI=1S/C20H24N2O2/c1-3-14-7-8-17-15(11-14)5-4-6-16(17)12-22-19-13-21-10-9-18(19)20(23)24-2/h7-11,13,16,22H,3-6,12H2,1-2H3. The molecular formula is C20H24N2O2. The second-order valence-corrected chi connectivity index (χ2v) is 6.27. The molecule has 0 saturated heterocycles. The van der Waals surface area contributed by atoms with Crippen LogP contribution in [0.25, 0.3) is 0 Å². The number of benzene rings is 1. The molecule has 0 fully saturated rings. The molecule has 1 aliphatic carbocycles. The van der Waals surface area contributed by atoms with Crippen LogP contribution in [0.4, 0.5) is 5.69 Å². The van der Waals surface area contributed by atoms with Gasteiger partial charge in [-0.15, -0.1) is 0 Å². The number of ether oxygens (including phenoxy) is 1. The molecule has 0 bridgehead atoms. The van der Waals surface area contributed by atoms with Crippen molar-refractivity contribution >= 4 is 11.7 Å². The number of carbonyl (C=O) groups excluding carboxylic acids is 1. The first-order valence-corrected chi connectivity index (χ1v) is 8.60. The predicted octanol–water partition coefficient (Wildman–Crippen LogP) is 3.96. The summed E-state index contributed by atoms with van der Waals surface area (Å²) in [5.41, 5.74) is 5.59. The van der Waals surface area contributed by atoms with E-state index in [1.54, 1.807) is 18.5 Å². The number of nitrogens with one attached hydrogen (secondary N) is 1. The van der Waals surface area contributed by atoms with Gasteiger partial charge in [-0.2, -0.15) is 0 Å². The molecule has 1 aromatic heterocycles. The molecule has 1 atom stereocenters. The summed E-state index contributed by atoms with van der Waals surface area (Å²) < 4.78 is 4.84. The van der Waals surface area contributed by atoms with E-state index in [-0.39, 0.29) is 5.97 Å². The molecule has 0 aliphatic heterocycles. The summed E-state index contributed by atoms with van der Waals surface area (Å²) in [5.74, 6) is 0.127. The van der Waals surface area contributed by atoms with Gasteiger partial charge in [0.25, 0.3) is 0 Å². The molecule has 1 unspecified atom stereocenters. The first kappa shape index (κ1) is 16.5. The average Bonchev–Trinajstić information content (AvgIpc) is 2.65. The van der Waals surface area contributed by atoms with E-state index >= 15 is 0 Å². The third-order valence-electron chi connectivity index (χ3n) is 4.82. The number of hydrogen-bond acceptors (Lipinski definition) is 4. The Morgan fingerprint density at radius 2 is 2.25 bits per heavy atom. The number of fused-ring (bicyclic) bond motifs is 1. The summed E-state index contributed by atoms with van der Waals surface area (Å²) in [5, 5.41) is 3.40. The zero-order valence-electron chi connectivity index (χ0n) is 14.3. The summed E-state index contributed by atoms with van der Waals surface area (Å²) in [6.45, 7) is 2.99. The lowest BCUT2D eigenvalue weighted by molar-refractivity contribution is 0.0601. The van der Waals surface area contributed by atoms with Gasteiger partial charge in [-0.3, -0.25) is 4.98 Å². The minimum absolute atomic E-state index is 0.337. The first-order chi connectivity index (χ1) is 11.7. The van der Waals surface area contributed by atoms with E-state index in [4.69, 9.17) is 4.74 Å². The fraction of sp³-hybridized carbons (Fsp3) is 0.400. The van der Waals surface area contributed by atoms with Crippen LogP contribution in [0.5, 0.6) is 0 Å². The van der Waals surface area contributed by atoms with E-state index in [1.165, 1.54) is 43.1 Å². The van der Waals surface area contributed by atoms with Gasteiger partial charge in [0.2, 0.25) is 0 Å². The number of hydrogen-bond donors (Lipinski definition) is 1. The molecule has 4 heteroatoms. The van der Waals surface area contributed by atoms with Crippen molar-refractivity contribution in [3.05, 3.63) is 58.9 Å². The zero-order chi connectivity index (χ0) is 16.9. The van der Waals surface area contributed by atoms with Gasteiger partial charge in [0.1, 0.15) is 0 Å². The Balaban J connectivity index is 1.76. The van der Waals surface area contributed by atoms with Crippen molar-refractivity contribution in [1.29, 1.82) is 0 Å². The number of methoxy groups -OCH3 is 1. The van der Waals surface area contributed by atoms with Crippen LogP contribution >= 0.6 is 0 Å². The molecule has 4 nitrogen and oxygen atoms in total. The fourth-order valence-corrected chi connectivity index (χ4v) is 3.46. The van der Waals surface area contributed by atoms with E-state index in [9.17, 15) is 4.79 Å². The van der Waals surface area contributed by atoms with Crippen molar-refractivity contribution in [3.8, 4) is 0 Å². The van der Waals surface area contributed by atoms with Crippen molar-refractivity contribution in [2.75, 3.05) is 19.0 Å². The number of carbonyl (C=O) groups is 1. The highest BCUT2D eigenvalue weighted by Gasteiger charge is 2.21. The average molecular weight is 324 g/mol. The molecular weight excluding hydrogens is 300 g/mol. The number of anilines is 1. The van der Waals surface area contributed by atoms with Crippen LogP contribution in [-0.2, 0) is 17.6 Å². The second-order valence-electron chi connectivity index (χ2n) is 6.27. The maximum atomic E-state index is 11.9. The number of nitrogens with zero attached hydrogens (tertiary/aromatic N) is 1. The van der Waals surface area contributed by atoms with Crippen LogP contribution in [0, 0.1) is 0 Å². The van der Waals surface area contributed by atoms with Gasteiger partial charge < -0.3 is 10.1 Å². The molecule has 1 aliphatic rings. The lowest BCUT2D eigenvalue weighted by atomic mass is 9.82. The summed E-state index contributed by atoms with van der Waals surface area (Å²) >= 11 is 0. The number of aromatic nitrogens is 1. The van der Waals surface area contributed by atoms with Gasteiger partial charge in [-0.05, 0) is 48.4 Å². The van der Waals surface area contributed by atoms with Gasteiger partial charge in [-0.25, -0.2) is 4.79 Å². The van der Waals surface area contributed by atoms with Crippen LogP contribution in [0.15, 0.2) is 36.7 Å². The van der Waals surface area contributed by atoms with Crippen molar-refractivity contribution in [2.24, 2.45) is 0 Å². The summed E-state index contributed by atoms with van der Waals surface area (Å²) in [7, 11) is 1.40. The van der Waals surface area contributed by atoms with E-state index in [0.29, 0.717) is 11.5 Å². The molecule has 0 amide bonds. The highest BCUT2D eigenvalue weighted by molar-refractivity contribution is 5.95. The Hall–Kier alpha value is -2.36. The molecule has 1 heterocycles. The topological polar surface area (TPSA) is 51.2 Å². The minimum Gasteiger partial charge on any atom is -0.465 e. The minimum atomic E-state index is -0.337. The normalized spacial score (nSPS) is 16.3. The maximum absolute atomic E-state index is 11.9. The van der Waals surface area contributed by atoms with Gasteiger partial charge in [0.05, 0.1) is 24.6 Å². The molecule has 0 radical (unpaired) electrons. The SMILES string of the molecule is CCc1ccc2c(c1)CCCC2CNc1cnccc1C(=O)OC. The van der Waals surface area contributed by atoms with Crippen molar-refractivity contribution in [1.82, 2.24) is 4.98 Å². The molecule has 3 rings (SSSR count). The third kappa shape index (κ3) is 3.42. The van der Waals surface area contributed by atoms with Crippen LogP contribution in [0.2, 0.25) is 0 Å². The summed E-state index contributed by atoms with van der Waals surface area (Å²) in [6, 6.07) is 8.56. The van der Waals surface area contributed by atoms with E-state index < -0.39 is 0 Å². The van der Waals surface area contributed by atoms with E-state index in [1.807, 2.05) is 0 Å². The highest BCUT2D eigenvalue weighted by Crippen LogP contribution is 2.32. The smallest absolute Gasteiger partial charge is 0.340 e. The molecule has 1 N–H and O–H groups in total. The lowest BCUT2D eigenvalue weighted by Crippen LogP contribution is -2.19. The highest BCUT2D eigenvalue weighted by atomic mass is 16.5. The van der Waals surface area contributed by atoms with Crippen LogP contribution in [-0.4, -0.2) is 24.6 Å². The second kappa shape index (κ2) is 7.47. The molecule has 0 saturated carbocycles. The van der Waals surface area contributed by atoms with Crippen molar-refractivity contribution in [3.63, 3.8) is 0 Å². The van der Waals surface area contributed by atoms with Crippen LogP contribution in [0.3, 0.4) is 0 Å². The van der Waals surface area contributed by atoms with Crippen molar-refractivity contribution < 1.29 is 9.53 Å². The number of aryl methyl sites for hydroxylation is 2. The number of pyridine rings is 1. The van der Waals surface area contributed by atoms with Crippen LogP contribution < -0.4 is 5.32 Å². The molecule has 1 aromatic carbocycles. The van der Waals surface area contributed by atoms with Crippen molar-refractivity contribution in [2.45, 2.75) is 38.5 Å². The molecule has 24 heavy (non-hydrogen) atoms. The number of esters is 1. The maximum Gasteiger partial charge on any atom is 0.340 e. The Kier molecular flexibility index (Phi) is 5.14. The fourth-order valence-electron chi connectivity index (χ4n) is 3.46. The van der Waals surface area contributed by atoms with Gasteiger partial charge in [0, 0.05) is 18.7 Å². The van der Waals surface area contributed by atoms with Gasteiger partial charge >= 0.3 is 5.97 Å². The quantitative estimate of drug-likeness (QED) is 0.846. The molecule has 2 aromatic rings. The predicted molar refractivity (Wildman–Crippen MR) is 95.6 cm³/mol. The Bertz CT molecular complexity index is 727. The first-order valence-electron chi connectivity index (χ1n) is 8.60. The Morgan fingerprint density at radius 3 is 3.04 bits per heavy atom. The van der Waals surface area contributed by atoms with Gasteiger partial charge in [0.15, 0.2) is 0 Å². The summed E-state index contributed by atoms with van der Waals surface area (Å²) in [6.07, 6.45) is 7.92. The summed E-state index contributed by atoms with van der Waals surface area (Å²) in [4.78, 5) is 16.0. The Labute approximate surface area is 143 Å². The molecule has 0 spiro atoms. The Morgan fingerprint density at radius 1 is 1.38 bits per heavy atom. The van der Waals surface area contributed by atoms with Gasteiger partial charge in [-0.1, -0.05) is 25.1 Å².